The molecule has 142 valence electrons. The van der Waals surface area contributed by atoms with E-state index in [1.165, 1.54) is 9.58 Å². The first kappa shape index (κ1) is 16.1. The molecular weight excluding hydrogens is 372 g/mol. The van der Waals surface area contributed by atoms with Gasteiger partial charge in [0, 0.05) is 23.8 Å². The Morgan fingerprint density at radius 2 is 1.93 bits per heavy atom. The molecular formula is C21H14N4O4. The minimum atomic E-state index is -1.63. The monoisotopic (exact) mass is 386 g/mol. The molecule has 0 spiro atoms. The maximum atomic E-state index is 12.7. The number of hydrogen-bond acceptors (Lipinski definition) is 5. The molecule has 8 heteroatoms. The number of furan rings is 1. The number of carbonyl (C=O) groups excluding carboxylic acids is 1. The first-order chi connectivity index (χ1) is 14.1. The molecule has 8 nitrogen and oxygen atoms in total. The Morgan fingerprint density at radius 3 is 2.76 bits per heavy atom. The van der Waals surface area contributed by atoms with Gasteiger partial charge >= 0.3 is 5.97 Å². The summed E-state index contributed by atoms with van der Waals surface area (Å²) >= 11 is 0. The maximum Gasteiger partial charge on any atom is 0.353 e. The number of fused-ring (bicyclic) bond motifs is 7. The van der Waals surface area contributed by atoms with Crippen LogP contribution in [0.2, 0.25) is 0 Å². The van der Waals surface area contributed by atoms with E-state index >= 15 is 0 Å². The van der Waals surface area contributed by atoms with Crippen molar-refractivity contribution in [2.45, 2.75) is 18.5 Å². The molecule has 6 rings (SSSR count). The first-order valence-electron chi connectivity index (χ1n) is 9.22. The van der Waals surface area contributed by atoms with Crippen LogP contribution in [0.25, 0.3) is 33.9 Å². The third kappa shape index (κ3) is 1.92. The Balaban J connectivity index is 1.64. The number of para-hydroxylation sites is 2. The summed E-state index contributed by atoms with van der Waals surface area (Å²) in [5.41, 5.74) is 0.266. The first-order valence-corrected chi connectivity index (χ1v) is 9.22. The molecule has 1 atom stereocenters. The highest BCUT2D eigenvalue weighted by atomic mass is 16.4. The van der Waals surface area contributed by atoms with Gasteiger partial charge in [-0.2, -0.15) is 0 Å². The van der Waals surface area contributed by atoms with E-state index in [1.807, 2.05) is 42.5 Å². The fourth-order valence-electron chi connectivity index (χ4n) is 4.34. The van der Waals surface area contributed by atoms with Gasteiger partial charge in [-0.05, 0) is 24.3 Å². The van der Waals surface area contributed by atoms with Crippen LogP contribution in [0.15, 0.2) is 59.0 Å². The van der Waals surface area contributed by atoms with E-state index in [4.69, 9.17) is 4.42 Å². The van der Waals surface area contributed by atoms with Crippen molar-refractivity contribution >= 4 is 28.5 Å². The second kappa shape index (κ2) is 5.32. The summed E-state index contributed by atoms with van der Waals surface area (Å²) in [7, 11) is 0. The molecule has 2 aromatic heterocycles. The third-order valence-electron chi connectivity index (χ3n) is 5.64. The van der Waals surface area contributed by atoms with Crippen molar-refractivity contribution in [3.63, 3.8) is 0 Å². The van der Waals surface area contributed by atoms with Crippen LogP contribution in [-0.2, 0) is 15.3 Å². The summed E-state index contributed by atoms with van der Waals surface area (Å²) in [6.45, 7) is 0. The Labute approximate surface area is 164 Å². The zero-order chi connectivity index (χ0) is 19.8. The zero-order valence-electron chi connectivity index (χ0n) is 15.1. The van der Waals surface area contributed by atoms with E-state index < -0.39 is 11.6 Å². The zero-order valence-corrected chi connectivity index (χ0v) is 15.1. The Hall–Kier alpha value is -3.94. The molecule has 4 aromatic rings. The van der Waals surface area contributed by atoms with Crippen LogP contribution in [0.4, 0.5) is 5.69 Å². The molecule has 1 unspecified atom stereocenters. The second-order valence-electron chi connectivity index (χ2n) is 7.19. The standard InChI is InChI=1S/C21H14N4O4/c26-17-9-10-21(20(27)28)24(17)14-7-3-2-6-13(14)19-22-18(23-25(19)21)16-11-12-5-1-4-8-15(12)29-16/h1-8,11H,9-10H2,(H,27,28). The Bertz CT molecular complexity index is 1300. The van der Waals surface area contributed by atoms with Gasteiger partial charge in [0.15, 0.2) is 11.6 Å². The SMILES string of the molecule is O=C1CCC2(C(=O)O)N1c1ccccc1-c1nc(-c3cc4ccccc4o3)nn12. The van der Waals surface area contributed by atoms with Gasteiger partial charge in [0.1, 0.15) is 5.58 Å². The van der Waals surface area contributed by atoms with Crippen LogP contribution < -0.4 is 4.90 Å². The minimum Gasteiger partial charge on any atom is -0.478 e. The molecule has 2 aliphatic rings. The number of rotatable bonds is 2. The van der Waals surface area contributed by atoms with Crippen molar-refractivity contribution in [1.29, 1.82) is 0 Å². The summed E-state index contributed by atoms with van der Waals surface area (Å²) in [6.07, 6.45) is 0.241. The Kier molecular flexibility index (Phi) is 2.94. The normalized spacial score (nSPS) is 19.9. The van der Waals surface area contributed by atoms with Gasteiger partial charge in [0.2, 0.25) is 17.4 Å². The largest absolute Gasteiger partial charge is 0.478 e. The highest BCUT2D eigenvalue weighted by Crippen LogP contribution is 2.48. The summed E-state index contributed by atoms with van der Waals surface area (Å²) < 4.78 is 7.25. The molecule has 1 saturated heterocycles. The number of aromatic nitrogens is 3. The van der Waals surface area contributed by atoms with Crippen LogP contribution in [0, 0.1) is 0 Å². The van der Waals surface area contributed by atoms with E-state index in [2.05, 4.69) is 10.1 Å². The van der Waals surface area contributed by atoms with Crippen molar-refractivity contribution in [3.05, 3.63) is 54.6 Å². The van der Waals surface area contributed by atoms with Crippen molar-refractivity contribution in [2.75, 3.05) is 4.90 Å². The molecule has 0 aliphatic carbocycles. The van der Waals surface area contributed by atoms with Crippen molar-refractivity contribution in [3.8, 4) is 23.0 Å². The van der Waals surface area contributed by atoms with Crippen molar-refractivity contribution < 1.29 is 19.1 Å². The average Bonchev–Trinajstić information content (AvgIpc) is 3.43. The lowest BCUT2D eigenvalue weighted by molar-refractivity contribution is -0.148. The lowest BCUT2D eigenvalue weighted by atomic mass is 10.0. The summed E-state index contributed by atoms with van der Waals surface area (Å²) in [4.78, 5) is 31.1. The van der Waals surface area contributed by atoms with E-state index in [0.717, 1.165) is 5.39 Å². The molecule has 0 saturated carbocycles. The molecule has 2 aliphatic heterocycles. The fraction of sp³-hybridized carbons (Fsp3) is 0.143. The number of carboxylic acids is 1. The quantitative estimate of drug-likeness (QED) is 0.568. The number of nitrogens with zero attached hydrogens (tertiary/aromatic N) is 4. The van der Waals surface area contributed by atoms with Crippen LogP contribution in [-0.4, -0.2) is 31.7 Å². The number of aliphatic carboxylic acids is 1. The molecule has 1 N–H and O–H groups in total. The van der Waals surface area contributed by atoms with Gasteiger partial charge in [-0.25, -0.2) is 14.5 Å². The van der Waals surface area contributed by atoms with E-state index in [-0.39, 0.29) is 24.6 Å². The predicted octanol–water partition coefficient (Wildman–Crippen LogP) is 3.24. The highest BCUT2D eigenvalue weighted by Gasteiger charge is 2.59. The number of carboxylic acid groups (broad SMARTS) is 1. The van der Waals surface area contributed by atoms with Gasteiger partial charge in [0.25, 0.3) is 0 Å². The van der Waals surface area contributed by atoms with Crippen LogP contribution >= 0.6 is 0 Å². The van der Waals surface area contributed by atoms with E-state index in [1.54, 1.807) is 12.1 Å². The number of benzene rings is 2. The van der Waals surface area contributed by atoms with Gasteiger partial charge in [0.05, 0.1) is 5.69 Å². The lowest BCUT2D eigenvalue weighted by Gasteiger charge is -2.39. The van der Waals surface area contributed by atoms with Gasteiger partial charge in [-0.1, -0.05) is 30.3 Å². The molecule has 1 amide bonds. The van der Waals surface area contributed by atoms with Crippen molar-refractivity contribution in [2.24, 2.45) is 0 Å². The van der Waals surface area contributed by atoms with Gasteiger partial charge in [-0.15, -0.1) is 5.10 Å². The topological polar surface area (TPSA) is 101 Å². The lowest BCUT2D eigenvalue weighted by Crippen LogP contribution is -2.56. The summed E-state index contributed by atoms with van der Waals surface area (Å²) in [5.74, 6) is -0.245. The Morgan fingerprint density at radius 1 is 1.14 bits per heavy atom. The number of hydrogen-bond donors (Lipinski definition) is 1. The molecule has 2 aromatic carbocycles. The average molecular weight is 386 g/mol. The van der Waals surface area contributed by atoms with Crippen LogP contribution in [0.1, 0.15) is 12.8 Å². The molecule has 29 heavy (non-hydrogen) atoms. The summed E-state index contributed by atoms with van der Waals surface area (Å²) in [6, 6.07) is 16.5. The number of carbonyl (C=O) groups is 2. The number of amides is 1. The molecule has 1 fully saturated rings. The van der Waals surface area contributed by atoms with E-state index in [9.17, 15) is 14.7 Å². The number of anilines is 1. The summed E-state index contributed by atoms with van der Waals surface area (Å²) in [5, 5.41) is 15.6. The molecule has 4 heterocycles. The minimum absolute atomic E-state index is 0.116. The fourth-order valence-corrected chi connectivity index (χ4v) is 4.34. The van der Waals surface area contributed by atoms with Crippen LogP contribution in [0.5, 0.6) is 0 Å². The maximum absolute atomic E-state index is 12.7. The third-order valence-corrected chi connectivity index (χ3v) is 5.64. The van der Waals surface area contributed by atoms with Crippen LogP contribution in [0.3, 0.4) is 0 Å². The smallest absolute Gasteiger partial charge is 0.353 e. The predicted molar refractivity (Wildman–Crippen MR) is 103 cm³/mol. The van der Waals surface area contributed by atoms with E-state index in [0.29, 0.717) is 28.4 Å². The highest BCUT2D eigenvalue weighted by molar-refractivity contribution is 6.07. The second-order valence-corrected chi connectivity index (χ2v) is 7.19. The molecule has 0 radical (unpaired) electrons. The van der Waals surface area contributed by atoms with Gasteiger partial charge < -0.3 is 9.52 Å². The molecule has 0 bridgehead atoms. The van der Waals surface area contributed by atoms with Crippen molar-refractivity contribution in [1.82, 2.24) is 14.8 Å². The van der Waals surface area contributed by atoms with Gasteiger partial charge in [-0.3, -0.25) is 9.69 Å².